The van der Waals surface area contributed by atoms with Crippen LogP contribution in [-0.2, 0) is 9.53 Å². The van der Waals surface area contributed by atoms with Crippen LogP contribution in [0.4, 0.5) is 5.69 Å². The molecule has 3 aromatic rings. The topological polar surface area (TPSA) is 94.8 Å². The Morgan fingerprint density at radius 2 is 1.89 bits per heavy atom. The third-order valence-corrected chi connectivity index (χ3v) is 4.14. The molecule has 144 valence electrons. The van der Waals surface area contributed by atoms with E-state index in [1.54, 1.807) is 36.4 Å². The Balaban J connectivity index is 1.75. The fourth-order valence-electron chi connectivity index (χ4n) is 2.49. The molecule has 0 bridgehead atoms. The molecule has 1 aromatic heterocycles. The minimum Gasteiger partial charge on any atom is -0.495 e. The van der Waals surface area contributed by atoms with E-state index < -0.39 is 18.0 Å². The summed E-state index contributed by atoms with van der Waals surface area (Å²) in [6.07, 6.45) is -1.16. The smallest absolute Gasteiger partial charge is 0.375 e. The van der Waals surface area contributed by atoms with Crippen LogP contribution in [0.2, 0.25) is 5.02 Å². The first kappa shape index (κ1) is 19.4. The van der Waals surface area contributed by atoms with Gasteiger partial charge >= 0.3 is 5.97 Å². The molecule has 0 fully saturated rings. The van der Waals surface area contributed by atoms with Crippen LogP contribution in [0.1, 0.15) is 17.5 Å². The molecule has 2 aromatic carbocycles. The van der Waals surface area contributed by atoms with E-state index in [-0.39, 0.29) is 16.8 Å². The van der Waals surface area contributed by atoms with Gasteiger partial charge in [0.2, 0.25) is 5.76 Å². The maximum atomic E-state index is 12.4. The quantitative estimate of drug-likeness (QED) is 0.656. The van der Waals surface area contributed by atoms with Crippen LogP contribution >= 0.6 is 11.6 Å². The van der Waals surface area contributed by atoms with E-state index in [2.05, 4.69) is 5.32 Å². The Labute approximate surface area is 164 Å². The summed E-state index contributed by atoms with van der Waals surface area (Å²) in [5.74, 6) is -1.42. The number of ether oxygens (including phenoxy) is 2. The number of esters is 1. The van der Waals surface area contributed by atoms with Crippen molar-refractivity contribution in [3.05, 3.63) is 69.5 Å². The predicted molar refractivity (Wildman–Crippen MR) is 104 cm³/mol. The van der Waals surface area contributed by atoms with Crippen molar-refractivity contribution in [2.75, 3.05) is 12.4 Å². The van der Waals surface area contributed by atoms with Crippen molar-refractivity contribution >= 4 is 40.1 Å². The van der Waals surface area contributed by atoms with Crippen LogP contribution in [0, 0.1) is 0 Å². The highest BCUT2D eigenvalue weighted by molar-refractivity contribution is 6.31. The van der Waals surface area contributed by atoms with Crippen LogP contribution in [0.3, 0.4) is 0 Å². The zero-order valence-electron chi connectivity index (χ0n) is 15.0. The molecule has 3 rings (SSSR count). The Hall–Kier alpha value is -3.32. The second-order valence-electron chi connectivity index (χ2n) is 5.85. The lowest BCUT2D eigenvalue weighted by Gasteiger charge is -2.15. The third-order valence-electron chi connectivity index (χ3n) is 3.91. The minimum atomic E-state index is -1.16. The van der Waals surface area contributed by atoms with Crippen LogP contribution in [0.25, 0.3) is 11.0 Å². The number of carbonyl (C=O) groups excluding carboxylic acids is 2. The van der Waals surface area contributed by atoms with Crippen molar-refractivity contribution in [3.63, 3.8) is 0 Å². The molecule has 0 saturated heterocycles. The molecular weight excluding hydrogens is 386 g/mol. The Morgan fingerprint density at radius 3 is 2.64 bits per heavy atom. The SMILES string of the molecule is COc1ccc(Cl)cc1NC(=O)[C@@H](C)OC(=O)c1cc(=O)c2ccccc2o1. The molecule has 0 radical (unpaired) electrons. The minimum absolute atomic E-state index is 0.253. The lowest BCUT2D eigenvalue weighted by molar-refractivity contribution is -0.123. The molecule has 0 saturated carbocycles. The lowest BCUT2D eigenvalue weighted by atomic mass is 10.2. The first-order valence-electron chi connectivity index (χ1n) is 8.27. The number of hydrogen-bond donors (Lipinski definition) is 1. The molecule has 1 heterocycles. The number of amides is 1. The Kier molecular flexibility index (Phi) is 5.65. The van der Waals surface area contributed by atoms with Gasteiger partial charge in [0.05, 0.1) is 18.2 Å². The average Bonchev–Trinajstić information content (AvgIpc) is 2.68. The van der Waals surface area contributed by atoms with E-state index in [9.17, 15) is 14.4 Å². The molecule has 0 aliphatic rings. The van der Waals surface area contributed by atoms with Crippen LogP contribution in [0.15, 0.2) is 57.7 Å². The molecule has 0 unspecified atom stereocenters. The standard InChI is InChI=1S/C20H16ClNO6/c1-11(19(24)22-14-9-12(21)7-8-17(14)26-2)27-20(25)18-10-15(23)13-5-3-4-6-16(13)28-18/h3-11H,1-2H3,(H,22,24)/t11-/m1/s1. The molecule has 1 amide bonds. The Morgan fingerprint density at radius 1 is 1.14 bits per heavy atom. The number of carbonyl (C=O) groups is 2. The van der Waals surface area contributed by atoms with Crippen LogP contribution in [0.5, 0.6) is 5.75 Å². The molecule has 0 spiro atoms. The summed E-state index contributed by atoms with van der Waals surface area (Å²) in [6.45, 7) is 1.39. The van der Waals surface area contributed by atoms with Crippen molar-refractivity contribution in [1.29, 1.82) is 0 Å². The van der Waals surface area contributed by atoms with Gasteiger partial charge in [-0.3, -0.25) is 9.59 Å². The van der Waals surface area contributed by atoms with Crippen molar-refractivity contribution < 1.29 is 23.5 Å². The number of para-hydroxylation sites is 1. The van der Waals surface area contributed by atoms with Gasteiger partial charge in [-0.15, -0.1) is 0 Å². The van der Waals surface area contributed by atoms with E-state index in [0.29, 0.717) is 21.8 Å². The maximum absolute atomic E-state index is 12.4. The van der Waals surface area contributed by atoms with E-state index in [0.717, 1.165) is 6.07 Å². The molecular formula is C20H16ClNO6. The molecule has 0 aliphatic carbocycles. The summed E-state index contributed by atoms with van der Waals surface area (Å²) < 4.78 is 15.7. The van der Waals surface area contributed by atoms with Gasteiger partial charge in [-0.05, 0) is 37.3 Å². The van der Waals surface area contributed by atoms with Crippen LogP contribution < -0.4 is 15.5 Å². The summed E-state index contributed by atoms with van der Waals surface area (Å²) in [4.78, 5) is 36.8. The highest BCUT2D eigenvalue weighted by Crippen LogP contribution is 2.27. The molecule has 8 heteroatoms. The van der Waals surface area contributed by atoms with Gasteiger partial charge in [-0.25, -0.2) is 4.79 Å². The zero-order chi connectivity index (χ0) is 20.3. The first-order chi connectivity index (χ1) is 13.4. The van der Waals surface area contributed by atoms with Gasteiger partial charge in [0.25, 0.3) is 5.91 Å². The Bertz CT molecular complexity index is 1110. The maximum Gasteiger partial charge on any atom is 0.375 e. The first-order valence-corrected chi connectivity index (χ1v) is 8.65. The van der Waals surface area contributed by atoms with E-state index in [1.807, 2.05) is 0 Å². The summed E-state index contributed by atoms with van der Waals surface area (Å²) >= 11 is 5.93. The van der Waals surface area contributed by atoms with Crippen molar-refractivity contribution in [2.24, 2.45) is 0 Å². The van der Waals surface area contributed by atoms with Gasteiger partial charge in [0.1, 0.15) is 11.3 Å². The van der Waals surface area contributed by atoms with E-state index >= 15 is 0 Å². The molecule has 7 nitrogen and oxygen atoms in total. The number of hydrogen-bond acceptors (Lipinski definition) is 6. The number of nitrogens with one attached hydrogen (secondary N) is 1. The van der Waals surface area contributed by atoms with Gasteiger partial charge in [0, 0.05) is 11.1 Å². The number of benzene rings is 2. The second-order valence-corrected chi connectivity index (χ2v) is 6.29. The largest absolute Gasteiger partial charge is 0.495 e. The third kappa shape index (κ3) is 4.15. The number of methoxy groups -OCH3 is 1. The molecule has 0 aliphatic heterocycles. The molecule has 28 heavy (non-hydrogen) atoms. The fraction of sp³-hybridized carbons (Fsp3) is 0.150. The number of anilines is 1. The van der Waals surface area contributed by atoms with E-state index in [1.165, 1.54) is 20.1 Å². The normalized spacial score (nSPS) is 11.7. The van der Waals surface area contributed by atoms with Crippen molar-refractivity contribution in [1.82, 2.24) is 0 Å². The van der Waals surface area contributed by atoms with Gasteiger partial charge in [0.15, 0.2) is 11.5 Å². The average molecular weight is 402 g/mol. The number of fused-ring (bicyclic) bond motifs is 1. The van der Waals surface area contributed by atoms with E-state index in [4.69, 9.17) is 25.5 Å². The number of rotatable bonds is 5. The summed E-state index contributed by atoms with van der Waals surface area (Å²) in [5, 5.41) is 3.33. The van der Waals surface area contributed by atoms with Gasteiger partial charge < -0.3 is 19.2 Å². The highest BCUT2D eigenvalue weighted by Gasteiger charge is 2.22. The summed E-state index contributed by atoms with van der Waals surface area (Å²) in [7, 11) is 1.45. The van der Waals surface area contributed by atoms with Crippen LogP contribution in [-0.4, -0.2) is 25.1 Å². The van der Waals surface area contributed by atoms with Gasteiger partial charge in [-0.1, -0.05) is 23.7 Å². The van der Waals surface area contributed by atoms with Crippen molar-refractivity contribution in [3.8, 4) is 5.75 Å². The lowest BCUT2D eigenvalue weighted by Crippen LogP contribution is -2.30. The highest BCUT2D eigenvalue weighted by atomic mass is 35.5. The zero-order valence-corrected chi connectivity index (χ0v) is 15.8. The molecule has 1 N–H and O–H groups in total. The number of halogens is 1. The summed E-state index contributed by atoms with van der Waals surface area (Å²) in [5.41, 5.74) is 0.206. The predicted octanol–water partition coefficient (Wildman–Crippen LogP) is 3.64. The monoisotopic (exact) mass is 401 g/mol. The summed E-state index contributed by atoms with van der Waals surface area (Å²) in [6, 6.07) is 12.3. The fourth-order valence-corrected chi connectivity index (χ4v) is 2.66. The molecule has 1 atom stereocenters. The van der Waals surface area contributed by atoms with Gasteiger partial charge in [-0.2, -0.15) is 0 Å². The van der Waals surface area contributed by atoms with Crippen molar-refractivity contribution in [2.45, 2.75) is 13.0 Å². The second kappa shape index (κ2) is 8.14.